The smallest absolute Gasteiger partial charge is 0.173 e. The van der Waals surface area contributed by atoms with Gasteiger partial charge < -0.3 is 5.32 Å². The van der Waals surface area contributed by atoms with Gasteiger partial charge in [0.2, 0.25) is 0 Å². The summed E-state index contributed by atoms with van der Waals surface area (Å²) < 4.78 is 3.62. The first-order chi connectivity index (χ1) is 8.22. The molecule has 0 radical (unpaired) electrons. The largest absolute Gasteiger partial charge is 0.369 e. The van der Waals surface area contributed by atoms with Gasteiger partial charge in [0.05, 0.1) is 9.77 Å². The first kappa shape index (κ1) is 12.7. The first-order valence-corrected chi connectivity index (χ1v) is 7.04. The number of nitrogens with one attached hydrogen (secondary N) is 1. The van der Waals surface area contributed by atoms with Gasteiger partial charge in [-0.1, -0.05) is 6.92 Å². The van der Waals surface area contributed by atoms with Crippen LogP contribution in [-0.4, -0.2) is 26.3 Å². The van der Waals surface area contributed by atoms with Crippen LogP contribution in [0.2, 0.25) is 0 Å². The summed E-state index contributed by atoms with van der Waals surface area (Å²) in [5, 5.41) is 7.47. The molecule has 2 aromatic rings. The molecule has 0 unspecified atom stereocenters. The van der Waals surface area contributed by atoms with Crippen LogP contribution in [0.4, 0.5) is 5.82 Å². The van der Waals surface area contributed by atoms with Crippen LogP contribution in [0, 0.1) is 3.57 Å². The Morgan fingerprint density at radius 2 is 2.29 bits per heavy atom. The summed E-state index contributed by atoms with van der Waals surface area (Å²) in [6.45, 7) is 2.99. The molecule has 5 nitrogen and oxygen atoms in total. The Labute approximate surface area is 121 Å². The zero-order chi connectivity index (χ0) is 12.3. The molecule has 0 aliphatic heterocycles. The van der Waals surface area contributed by atoms with E-state index in [9.17, 15) is 0 Å². The van der Waals surface area contributed by atoms with Crippen molar-refractivity contribution in [3.63, 3.8) is 0 Å². The topological polar surface area (TPSA) is 55.6 Å². The molecule has 0 saturated heterocycles. The molecule has 2 aromatic heterocycles. The third kappa shape index (κ3) is 2.95. The molecular weight excluding hydrogens is 397 g/mol. The van der Waals surface area contributed by atoms with Crippen LogP contribution < -0.4 is 5.32 Å². The minimum Gasteiger partial charge on any atom is -0.369 e. The molecular formula is C10H11BrIN5. The summed E-state index contributed by atoms with van der Waals surface area (Å²) in [4.78, 5) is 8.43. The third-order valence-corrected chi connectivity index (χ3v) is 3.37. The Bertz CT molecular complexity index is 513. The summed E-state index contributed by atoms with van der Waals surface area (Å²) in [6.07, 6.45) is 6.28. The molecule has 2 rings (SSSR count). The number of aromatic nitrogens is 4. The fourth-order valence-electron chi connectivity index (χ4n) is 1.30. The van der Waals surface area contributed by atoms with Crippen LogP contribution in [0.5, 0.6) is 0 Å². The predicted octanol–water partition coefficient (Wildman–Crippen LogP) is 2.85. The summed E-state index contributed by atoms with van der Waals surface area (Å²) >= 11 is 5.72. The summed E-state index contributed by atoms with van der Waals surface area (Å²) in [5.74, 6) is 1.53. The molecule has 0 saturated carbocycles. The number of hydrogen-bond acceptors (Lipinski definition) is 4. The molecule has 1 N–H and O–H groups in total. The number of hydrogen-bond donors (Lipinski definition) is 1. The number of halogens is 2. The van der Waals surface area contributed by atoms with Gasteiger partial charge in [0.15, 0.2) is 5.82 Å². The normalized spacial score (nSPS) is 10.5. The Morgan fingerprint density at radius 3 is 2.94 bits per heavy atom. The first-order valence-electron chi connectivity index (χ1n) is 5.17. The van der Waals surface area contributed by atoms with Gasteiger partial charge in [-0.05, 0) is 44.9 Å². The molecule has 17 heavy (non-hydrogen) atoms. The third-order valence-electron chi connectivity index (χ3n) is 2.08. The molecule has 90 valence electrons. The minimum absolute atomic E-state index is 0.738. The molecule has 0 bridgehead atoms. The number of anilines is 1. The van der Waals surface area contributed by atoms with Gasteiger partial charge in [-0.25, -0.2) is 14.6 Å². The van der Waals surface area contributed by atoms with Crippen molar-refractivity contribution in [2.45, 2.75) is 13.3 Å². The highest BCUT2D eigenvalue weighted by Gasteiger charge is 2.10. The predicted molar refractivity (Wildman–Crippen MR) is 78.4 cm³/mol. The van der Waals surface area contributed by atoms with Crippen LogP contribution in [0.3, 0.4) is 0 Å². The molecule has 0 aromatic carbocycles. The van der Waals surface area contributed by atoms with Crippen molar-refractivity contribution in [3.05, 3.63) is 26.8 Å². The van der Waals surface area contributed by atoms with Crippen LogP contribution in [-0.2, 0) is 0 Å². The number of rotatable bonds is 4. The van der Waals surface area contributed by atoms with E-state index in [-0.39, 0.29) is 0 Å². The van der Waals surface area contributed by atoms with E-state index in [1.54, 1.807) is 10.9 Å². The van der Waals surface area contributed by atoms with Crippen LogP contribution >= 0.6 is 38.5 Å². The van der Waals surface area contributed by atoms with Gasteiger partial charge in [-0.15, -0.1) is 0 Å². The van der Waals surface area contributed by atoms with E-state index < -0.39 is 0 Å². The second-order valence-electron chi connectivity index (χ2n) is 3.39. The second kappa shape index (κ2) is 5.76. The average Bonchev–Trinajstić information content (AvgIpc) is 2.74. The van der Waals surface area contributed by atoms with Crippen molar-refractivity contribution < 1.29 is 0 Å². The lowest BCUT2D eigenvalue weighted by Gasteiger charge is -2.09. The van der Waals surface area contributed by atoms with Crippen LogP contribution in [0.1, 0.15) is 13.3 Å². The maximum atomic E-state index is 4.23. The lowest BCUT2D eigenvalue weighted by atomic mass is 10.4. The van der Waals surface area contributed by atoms with E-state index in [0.717, 1.165) is 32.6 Å². The van der Waals surface area contributed by atoms with Crippen molar-refractivity contribution in [3.8, 4) is 5.82 Å². The van der Waals surface area contributed by atoms with Crippen molar-refractivity contribution in [1.82, 2.24) is 19.7 Å². The molecule has 2 heterocycles. The highest BCUT2D eigenvalue weighted by molar-refractivity contribution is 14.1. The second-order valence-corrected chi connectivity index (χ2v) is 5.43. The summed E-state index contributed by atoms with van der Waals surface area (Å²) in [6, 6.07) is 0. The monoisotopic (exact) mass is 407 g/mol. The Kier molecular flexibility index (Phi) is 4.32. The zero-order valence-corrected chi connectivity index (χ0v) is 12.9. The van der Waals surface area contributed by atoms with Gasteiger partial charge in [0.25, 0.3) is 0 Å². The van der Waals surface area contributed by atoms with Gasteiger partial charge >= 0.3 is 0 Å². The maximum Gasteiger partial charge on any atom is 0.173 e. The van der Waals surface area contributed by atoms with Crippen molar-refractivity contribution in [2.24, 2.45) is 0 Å². The van der Waals surface area contributed by atoms with Crippen molar-refractivity contribution in [2.75, 3.05) is 11.9 Å². The Hall–Kier alpha value is -0.700. The molecule has 0 atom stereocenters. The minimum atomic E-state index is 0.738. The molecule has 0 fully saturated rings. The fourth-order valence-corrected chi connectivity index (χ4v) is 2.22. The van der Waals surface area contributed by atoms with Gasteiger partial charge in [0.1, 0.15) is 16.6 Å². The van der Waals surface area contributed by atoms with Gasteiger partial charge in [0, 0.05) is 12.7 Å². The molecule has 0 spiro atoms. The van der Waals surface area contributed by atoms with Crippen LogP contribution in [0.15, 0.2) is 23.2 Å². The lowest BCUT2D eigenvalue weighted by molar-refractivity contribution is 0.831. The molecule has 0 aliphatic rings. The Morgan fingerprint density at radius 1 is 1.47 bits per heavy atom. The fraction of sp³-hybridized carbons (Fsp3) is 0.300. The zero-order valence-electron chi connectivity index (χ0n) is 9.19. The van der Waals surface area contributed by atoms with Crippen molar-refractivity contribution in [1.29, 1.82) is 0 Å². The number of nitrogens with zero attached hydrogens (tertiary/aromatic N) is 4. The quantitative estimate of drug-likeness (QED) is 0.792. The van der Waals surface area contributed by atoms with Gasteiger partial charge in [-0.2, -0.15) is 5.10 Å². The highest BCUT2D eigenvalue weighted by atomic mass is 127. The SMILES string of the molecule is CCCNc1ncnc(-n2cc(I)cn2)c1Br. The lowest BCUT2D eigenvalue weighted by Crippen LogP contribution is -2.07. The average molecular weight is 408 g/mol. The Balaban J connectivity index is 2.35. The van der Waals surface area contributed by atoms with E-state index in [1.165, 1.54) is 6.33 Å². The summed E-state index contributed by atoms with van der Waals surface area (Å²) in [7, 11) is 0. The van der Waals surface area contributed by atoms with Gasteiger partial charge in [-0.3, -0.25) is 0 Å². The molecule has 0 aliphatic carbocycles. The van der Waals surface area contributed by atoms with Crippen molar-refractivity contribution >= 4 is 44.3 Å². The summed E-state index contributed by atoms with van der Waals surface area (Å²) in [5.41, 5.74) is 0. The van der Waals surface area contributed by atoms with E-state index in [0.29, 0.717) is 0 Å². The van der Waals surface area contributed by atoms with Crippen LogP contribution in [0.25, 0.3) is 5.82 Å². The standard InChI is InChI=1S/C10H11BrIN5/c1-2-3-13-9-8(11)10(15-6-14-9)17-5-7(12)4-16-17/h4-6H,2-3H2,1H3,(H,13,14,15). The highest BCUT2D eigenvalue weighted by Crippen LogP contribution is 2.25. The van der Waals surface area contributed by atoms with E-state index >= 15 is 0 Å². The molecule has 7 heteroatoms. The van der Waals surface area contributed by atoms with E-state index in [1.807, 2.05) is 6.20 Å². The molecule has 0 amide bonds. The van der Waals surface area contributed by atoms with E-state index in [2.05, 4.69) is 65.8 Å². The maximum absolute atomic E-state index is 4.23. The van der Waals surface area contributed by atoms with E-state index in [4.69, 9.17) is 0 Å².